The molecule has 0 aromatic heterocycles. The average molecular weight is 224 g/mol. The van der Waals surface area contributed by atoms with Gasteiger partial charge in [-0.1, -0.05) is 12.1 Å². The summed E-state index contributed by atoms with van der Waals surface area (Å²) in [5.41, 5.74) is 0.918. The Kier molecular flexibility index (Phi) is 3.77. The van der Waals surface area contributed by atoms with Gasteiger partial charge in [-0.15, -0.1) is 0 Å². The fraction of sp³-hybridized carbons (Fsp3) is 0.500. The molecule has 1 aliphatic heterocycles. The third-order valence-electron chi connectivity index (χ3n) is 2.39. The van der Waals surface area contributed by atoms with Crippen molar-refractivity contribution in [2.75, 3.05) is 19.8 Å². The Hall–Kier alpha value is -1.10. The second-order valence-electron chi connectivity index (χ2n) is 3.61. The minimum Gasteiger partial charge on any atom is -0.494 e. The topological polar surface area (TPSA) is 47.9 Å². The summed E-state index contributed by atoms with van der Waals surface area (Å²) in [6, 6.07) is 7.62. The lowest BCUT2D eigenvalue weighted by Gasteiger charge is -2.12. The molecular weight excluding hydrogens is 208 g/mol. The molecule has 88 valence electrons. The zero-order chi connectivity index (χ0) is 11.4. The molecule has 1 saturated heterocycles. The zero-order valence-corrected chi connectivity index (χ0v) is 9.26. The van der Waals surface area contributed by atoms with Gasteiger partial charge in [0.05, 0.1) is 19.8 Å². The number of hydrogen-bond acceptors (Lipinski definition) is 4. The normalized spacial score (nSPS) is 24.6. The molecule has 4 nitrogen and oxygen atoms in total. The van der Waals surface area contributed by atoms with Gasteiger partial charge in [0.15, 0.2) is 6.29 Å². The summed E-state index contributed by atoms with van der Waals surface area (Å²) in [7, 11) is 0. The fourth-order valence-corrected chi connectivity index (χ4v) is 1.64. The van der Waals surface area contributed by atoms with E-state index in [1.807, 2.05) is 31.2 Å². The van der Waals surface area contributed by atoms with E-state index in [0.29, 0.717) is 13.2 Å². The Labute approximate surface area is 94.8 Å². The Morgan fingerprint density at radius 2 is 2.38 bits per heavy atom. The second-order valence-corrected chi connectivity index (χ2v) is 3.61. The molecule has 2 atom stereocenters. The van der Waals surface area contributed by atoms with Crippen LogP contribution in [0.15, 0.2) is 24.3 Å². The molecule has 2 rings (SSSR count). The first kappa shape index (κ1) is 11.4. The zero-order valence-electron chi connectivity index (χ0n) is 9.26. The summed E-state index contributed by atoms with van der Waals surface area (Å²) in [4.78, 5) is 0. The highest BCUT2D eigenvalue weighted by Gasteiger charge is 2.26. The maximum absolute atomic E-state index is 8.94. The maximum atomic E-state index is 8.94. The number of hydrogen-bond donors (Lipinski definition) is 1. The van der Waals surface area contributed by atoms with Crippen LogP contribution in [0.25, 0.3) is 0 Å². The fourth-order valence-electron chi connectivity index (χ4n) is 1.64. The van der Waals surface area contributed by atoms with Crippen LogP contribution in [-0.4, -0.2) is 31.0 Å². The van der Waals surface area contributed by atoms with Gasteiger partial charge in [0, 0.05) is 5.56 Å². The van der Waals surface area contributed by atoms with E-state index in [9.17, 15) is 0 Å². The van der Waals surface area contributed by atoms with Crippen molar-refractivity contribution >= 4 is 0 Å². The Balaban J connectivity index is 2.06. The lowest BCUT2D eigenvalue weighted by molar-refractivity contribution is -0.0676. The monoisotopic (exact) mass is 224 g/mol. The van der Waals surface area contributed by atoms with Gasteiger partial charge in [0.2, 0.25) is 0 Å². The Morgan fingerprint density at radius 3 is 3.06 bits per heavy atom. The first-order valence-corrected chi connectivity index (χ1v) is 5.44. The van der Waals surface area contributed by atoms with Gasteiger partial charge in [-0.25, -0.2) is 0 Å². The van der Waals surface area contributed by atoms with Crippen molar-refractivity contribution in [3.8, 4) is 5.75 Å². The molecule has 16 heavy (non-hydrogen) atoms. The largest absolute Gasteiger partial charge is 0.494 e. The van der Waals surface area contributed by atoms with Crippen molar-refractivity contribution in [2.45, 2.75) is 19.3 Å². The number of ether oxygens (including phenoxy) is 3. The molecule has 0 bridgehead atoms. The SMILES string of the molecule is CCOc1cccc(C2OCC(CO)O2)c1. The van der Waals surface area contributed by atoms with Crippen LogP contribution in [0.3, 0.4) is 0 Å². The van der Waals surface area contributed by atoms with Gasteiger partial charge in [0.1, 0.15) is 11.9 Å². The minimum atomic E-state index is -0.391. The molecule has 1 fully saturated rings. The van der Waals surface area contributed by atoms with E-state index < -0.39 is 6.29 Å². The van der Waals surface area contributed by atoms with Crippen LogP contribution < -0.4 is 4.74 Å². The second kappa shape index (κ2) is 5.30. The van der Waals surface area contributed by atoms with E-state index >= 15 is 0 Å². The molecule has 1 aliphatic rings. The summed E-state index contributed by atoms with van der Waals surface area (Å²) < 4.78 is 16.3. The van der Waals surface area contributed by atoms with Crippen LogP contribution in [0.2, 0.25) is 0 Å². The molecule has 4 heteroatoms. The van der Waals surface area contributed by atoms with Crippen molar-refractivity contribution in [1.82, 2.24) is 0 Å². The molecule has 2 unspecified atom stereocenters. The number of rotatable bonds is 4. The van der Waals surface area contributed by atoms with Gasteiger partial charge in [-0.3, -0.25) is 0 Å². The summed E-state index contributed by atoms with van der Waals surface area (Å²) in [5.74, 6) is 0.805. The highest BCUT2D eigenvalue weighted by atomic mass is 16.7. The van der Waals surface area contributed by atoms with Crippen LogP contribution in [0.1, 0.15) is 18.8 Å². The summed E-state index contributed by atoms with van der Waals surface area (Å²) in [6.45, 7) is 2.99. The molecule has 0 radical (unpaired) electrons. The van der Waals surface area contributed by atoms with Gasteiger partial charge in [-0.05, 0) is 19.1 Å². The predicted octanol–water partition coefficient (Wildman–Crippen LogP) is 1.49. The van der Waals surface area contributed by atoms with Crippen LogP contribution in [0.4, 0.5) is 0 Å². The van der Waals surface area contributed by atoms with Crippen molar-refractivity contribution in [3.63, 3.8) is 0 Å². The van der Waals surface area contributed by atoms with Gasteiger partial charge >= 0.3 is 0 Å². The lowest BCUT2D eigenvalue weighted by atomic mass is 10.2. The highest BCUT2D eigenvalue weighted by Crippen LogP contribution is 2.28. The van der Waals surface area contributed by atoms with Crippen molar-refractivity contribution in [2.24, 2.45) is 0 Å². The van der Waals surface area contributed by atoms with Gasteiger partial charge in [-0.2, -0.15) is 0 Å². The van der Waals surface area contributed by atoms with E-state index in [2.05, 4.69) is 0 Å². The van der Waals surface area contributed by atoms with Crippen molar-refractivity contribution in [1.29, 1.82) is 0 Å². The molecule has 1 aromatic rings. The van der Waals surface area contributed by atoms with Gasteiger partial charge in [0.25, 0.3) is 0 Å². The maximum Gasteiger partial charge on any atom is 0.184 e. The van der Waals surface area contributed by atoms with Crippen LogP contribution in [-0.2, 0) is 9.47 Å². The van der Waals surface area contributed by atoms with Gasteiger partial charge < -0.3 is 19.3 Å². The third-order valence-corrected chi connectivity index (χ3v) is 2.39. The van der Waals surface area contributed by atoms with Crippen molar-refractivity contribution < 1.29 is 19.3 Å². The highest BCUT2D eigenvalue weighted by molar-refractivity contribution is 5.29. The predicted molar refractivity (Wildman–Crippen MR) is 58.3 cm³/mol. The molecule has 0 spiro atoms. The molecule has 0 aliphatic carbocycles. The summed E-state index contributed by atoms with van der Waals surface area (Å²) in [6.07, 6.45) is -0.613. The molecule has 0 amide bonds. The molecular formula is C12H16O4. The average Bonchev–Trinajstić information content (AvgIpc) is 2.78. The quantitative estimate of drug-likeness (QED) is 0.841. The summed E-state index contributed by atoms with van der Waals surface area (Å²) >= 11 is 0. The number of aliphatic hydroxyl groups excluding tert-OH is 1. The van der Waals surface area contributed by atoms with Crippen LogP contribution in [0.5, 0.6) is 5.75 Å². The van der Waals surface area contributed by atoms with E-state index in [-0.39, 0.29) is 12.7 Å². The lowest BCUT2D eigenvalue weighted by Crippen LogP contribution is -2.14. The van der Waals surface area contributed by atoms with E-state index in [4.69, 9.17) is 19.3 Å². The number of aliphatic hydroxyl groups is 1. The Morgan fingerprint density at radius 1 is 1.50 bits per heavy atom. The Bertz CT molecular complexity index is 340. The van der Waals surface area contributed by atoms with Crippen LogP contribution >= 0.6 is 0 Å². The minimum absolute atomic E-state index is 0.0123. The molecule has 0 saturated carbocycles. The summed E-state index contributed by atoms with van der Waals surface area (Å²) in [5, 5.41) is 8.94. The van der Waals surface area contributed by atoms with E-state index in [1.165, 1.54) is 0 Å². The smallest absolute Gasteiger partial charge is 0.184 e. The van der Waals surface area contributed by atoms with Crippen molar-refractivity contribution in [3.05, 3.63) is 29.8 Å². The standard InChI is InChI=1S/C12H16O4/c1-2-14-10-5-3-4-9(6-10)12-15-8-11(7-13)16-12/h3-6,11-13H,2,7-8H2,1H3. The van der Waals surface area contributed by atoms with E-state index in [1.54, 1.807) is 0 Å². The number of benzene rings is 1. The molecule has 1 heterocycles. The van der Waals surface area contributed by atoms with E-state index in [0.717, 1.165) is 11.3 Å². The first-order chi connectivity index (χ1) is 7.83. The third kappa shape index (κ3) is 2.52. The molecule has 1 aromatic carbocycles. The van der Waals surface area contributed by atoms with Crippen LogP contribution in [0, 0.1) is 0 Å². The first-order valence-electron chi connectivity index (χ1n) is 5.44. The molecule has 1 N–H and O–H groups in total.